The first-order valence-corrected chi connectivity index (χ1v) is 4.82. The molecule has 0 aliphatic heterocycles. The van der Waals surface area contributed by atoms with Gasteiger partial charge in [-0.3, -0.25) is 9.36 Å². The van der Waals surface area contributed by atoms with Crippen molar-refractivity contribution in [2.45, 2.75) is 6.42 Å². The van der Waals surface area contributed by atoms with Gasteiger partial charge in [-0.25, -0.2) is 0 Å². The van der Waals surface area contributed by atoms with E-state index in [2.05, 4.69) is 10.0 Å². The van der Waals surface area contributed by atoms with Gasteiger partial charge in [0.25, 0.3) is 0 Å². The quantitative estimate of drug-likeness (QED) is 0.284. The minimum absolute atomic E-state index is 0.261. The number of nitrogens with zero attached hydrogens (tertiary/aromatic N) is 3. The molecule has 0 aromatic carbocycles. The first-order valence-electron chi connectivity index (χ1n) is 3.03. The summed E-state index contributed by atoms with van der Waals surface area (Å²) in [6, 6.07) is 0. The molecule has 0 radical (unpaired) electrons. The van der Waals surface area contributed by atoms with Gasteiger partial charge in [0.1, 0.15) is 5.78 Å². The highest BCUT2D eigenvalue weighted by Gasteiger charge is 2.14. The molecule has 0 aromatic rings. The molecule has 0 saturated carbocycles. The number of carbonyl (C=O) groups is 1. The fourth-order valence-electron chi connectivity index (χ4n) is 0.460. The maximum Gasteiger partial charge on any atom is 0.326 e. The van der Waals surface area contributed by atoms with E-state index in [1.807, 2.05) is 0 Å². The molecule has 68 valence electrons. The maximum absolute atomic E-state index is 10.6. The van der Waals surface area contributed by atoms with Gasteiger partial charge in [0.15, 0.2) is 0 Å². The lowest BCUT2D eigenvalue weighted by molar-refractivity contribution is -0.117. The summed E-state index contributed by atoms with van der Waals surface area (Å²) in [6.07, 6.45) is -0.754. The maximum atomic E-state index is 10.6. The van der Waals surface area contributed by atoms with Crippen molar-refractivity contribution < 1.29 is 19.1 Å². The Morgan fingerprint density at radius 3 is 2.58 bits per heavy atom. The van der Waals surface area contributed by atoms with Crippen LogP contribution in [-0.4, -0.2) is 28.3 Å². The number of hydrogen-bond acceptors (Lipinski definition) is 3. The Bertz CT molecular complexity index is 253. The minimum atomic E-state index is -4.11. The normalized spacial score (nSPS) is 10.5. The Morgan fingerprint density at radius 1 is 1.58 bits per heavy atom. The van der Waals surface area contributed by atoms with Crippen molar-refractivity contribution in [1.82, 2.24) is 0 Å². The highest BCUT2D eigenvalue weighted by molar-refractivity contribution is 7.51. The molecule has 0 spiro atoms. The van der Waals surface area contributed by atoms with Crippen LogP contribution < -0.4 is 0 Å². The fourth-order valence-corrected chi connectivity index (χ4v) is 1.00. The van der Waals surface area contributed by atoms with E-state index in [0.29, 0.717) is 0 Å². The van der Waals surface area contributed by atoms with E-state index in [0.717, 1.165) is 0 Å². The van der Waals surface area contributed by atoms with Crippen molar-refractivity contribution in [2.75, 3.05) is 12.7 Å². The zero-order chi connectivity index (χ0) is 9.61. The van der Waals surface area contributed by atoms with E-state index in [-0.39, 0.29) is 13.0 Å². The molecule has 0 unspecified atom stereocenters. The summed E-state index contributed by atoms with van der Waals surface area (Å²) in [6.45, 7) is -0.351. The van der Waals surface area contributed by atoms with Crippen molar-refractivity contribution in [2.24, 2.45) is 5.11 Å². The lowest BCUT2D eigenvalue weighted by Crippen LogP contribution is -2.04. The number of Topliss-reactive ketones (excluding diaryl/α,β-unsaturated/α-hetero) is 1. The van der Waals surface area contributed by atoms with Gasteiger partial charge in [0, 0.05) is 11.3 Å². The van der Waals surface area contributed by atoms with Crippen molar-refractivity contribution in [1.29, 1.82) is 0 Å². The van der Waals surface area contributed by atoms with Crippen LogP contribution in [0.1, 0.15) is 6.42 Å². The molecule has 12 heavy (non-hydrogen) atoms. The zero-order valence-electron chi connectivity index (χ0n) is 6.12. The van der Waals surface area contributed by atoms with Crippen molar-refractivity contribution in [3.05, 3.63) is 10.4 Å². The van der Waals surface area contributed by atoms with Crippen LogP contribution in [-0.2, 0) is 9.36 Å². The molecule has 0 aliphatic rings. The predicted octanol–water partition coefficient (Wildman–Crippen LogP) is 0.434. The lowest BCUT2D eigenvalue weighted by Gasteiger charge is -2.00. The van der Waals surface area contributed by atoms with E-state index < -0.39 is 19.5 Å². The average molecular weight is 193 g/mol. The molecule has 0 fully saturated rings. The van der Waals surface area contributed by atoms with Crippen molar-refractivity contribution in [3.63, 3.8) is 0 Å². The van der Waals surface area contributed by atoms with Gasteiger partial charge < -0.3 is 9.79 Å². The molecule has 0 rings (SSSR count). The number of hydrogen-bond donors (Lipinski definition) is 2. The number of carbonyl (C=O) groups excluding carboxylic acids is 1. The summed E-state index contributed by atoms with van der Waals surface area (Å²) in [7, 11) is -4.11. The van der Waals surface area contributed by atoms with Crippen molar-refractivity contribution >= 4 is 13.4 Å². The smallest absolute Gasteiger partial charge is 0.324 e. The number of ketones is 1. The van der Waals surface area contributed by atoms with Crippen LogP contribution in [0.15, 0.2) is 5.11 Å². The molecule has 7 nitrogen and oxygen atoms in total. The van der Waals surface area contributed by atoms with E-state index in [1.54, 1.807) is 0 Å². The van der Waals surface area contributed by atoms with Crippen LogP contribution >= 0.6 is 7.60 Å². The summed E-state index contributed by atoms with van der Waals surface area (Å²) >= 11 is 0. The van der Waals surface area contributed by atoms with E-state index >= 15 is 0 Å². The van der Waals surface area contributed by atoms with Gasteiger partial charge in [-0.05, 0) is 5.53 Å². The van der Waals surface area contributed by atoms with Gasteiger partial charge in [0.2, 0.25) is 0 Å². The molecule has 0 aromatic heterocycles. The summed E-state index contributed by atoms with van der Waals surface area (Å²) in [5, 5.41) is 2.95. The SMILES string of the molecule is [N-]=[N+]=NCC(=O)CCP(=O)(O)O. The van der Waals surface area contributed by atoms with Crippen LogP contribution in [0.5, 0.6) is 0 Å². The van der Waals surface area contributed by atoms with Crippen LogP contribution in [0, 0.1) is 0 Å². The highest BCUT2D eigenvalue weighted by atomic mass is 31.2. The molecule has 0 atom stereocenters. The third-order valence-electron chi connectivity index (χ3n) is 0.992. The van der Waals surface area contributed by atoms with Gasteiger partial charge in [-0.1, -0.05) is 5.11 Å². The van der Waals surface area contributed by atoms with E-state index in [9.17, 15) is 9.36 Å². The molecule has 2 N–H and O–H groups in total. The predicted molar refractivity (Wildman–Crippen MR) is 40.5 cm³/mol. The first kappa shape index (κ1) is 11.1. The largest absolute Gasteiger partial charge is 0.326 e. The second-order valence-corrected chi connectivity index (χ2v) is 3.84. The van der Waals surface area contributed by atoms with Crippen LogP contribution in [0.2, 0.25) is 0 Å². The second-order valence-electron chi connectivity index (χ2n) is 2.07. The molecule has 8 heteroatoms. The third-order valence-corrected chi connectivity index (χ3v) is 1.80. The van der Waals surface area contributed by atoms with E-state index in [1.165, 1.54) is 0 Å². The molecule has 0 amide bonds. The highest BCUT2D eigenvalue weighted by Crippen LogP contribution is 2.34. The average Bonchev–Trinajstić information content (AvgIpc) is 1.95. The molecular formula is C4H8N3O4P. The molecular weight excluding hydrogens is 185 g/mol. The second kappa shape index (κ2) is 4.90. The van der Waals surface area contributed by atoms with Crippen LogP contribution in [0.25, 0.3) is 10.4 Å². The molecule has 0 aliphatic carbocycles. The summed E-state index contributed by atoms with van der Waals surface area (Å²) in [4.78, 5) is 29.7. The van der Waals surface area contributed by atoms with Crippen LogP contribution in [0.4, 0.5) is 0 Å². The fraction of sp³-hybridized carbons (Fsp3) is 0.750. The number of rotatable bonds is 5. The third kappa shape index (κ3) is 7.24. The van der Waals surface area contributed by atoms with Crippen LogP contribution in [0.3, 0.4) is 0 Å². The standard InChI is InChI=1S/C4H8N3O4P/c5-7-6-3-4(8)1-2-12(9,10)11/h1-3H2,(H2,9,10,11). The molecule has 0 bridgehead atoms. The monoisotopic (exact) mass is 193 g/mol. The van der Waals surface area contributed by atoms with E-state index in [4.69, 9.17) is 15.3 Å². The van der Waals surface area contributed by atoms with Gasteiger partial charge in [-0.2, -0.15) is 0 Å². The zero-order valence-corrected chi connectivity index (χ0v) is 7.02. The van der Waals surface area contributed by atoms with Gasteiger partial charge >= 0.3 is 7.60 Å². The Hall–Kier alpha value is -0.870. The summed E-state index contributed by atoms with van der Waals surface area (Å²) < 4.78 is 10.2. The minimum Gasteiger partial charge on any atom is -0.324 e. The first-order chi connectivity index (χ1) is 5.45. The molecule has 0 heterocycles. The summed E-state index contributed by atoms with van der Waals surface area (Å²) in [5.41, 5.74) is 7.80. The molecule has 0 saturated heterocycles. The Kier molecular flexibility index (Phi) is 4.54. The Balaban J connectivity index is 3.72. The van der Waals surface area contributed by atoms with Crippen molar-refractivity contribution in [3.8, 4) is 0 Å². The Labute approximate surface area is 68.2 Å². The summed E-state index contributed by atoms with van der Waals surface area (Å²) in [5.74, 6) is -0.476. The topological polar surface area (TPSA) is 123 Å². The van der Waals surface area contributed by atoms with Gasteiger partial charge in [-0.15, -0.1) is 0 Å². The Morgan fingerprint density at radius 2 is 2.17 bits per heavy atom. The lowest BCUT2D eigenvalue weighted by atomic mass is 10.3. The number of azide groups is 1. The van der Waals surface area contributed by atoms with Gasteiger partial charge in [0.05, 0.1) is 12.7 Å².